The van der Waals surface area contributed by atoms with Gasteiger partial charge in [-0.15, -0.1) is 0 Å². The van der Waals surface area contributed by atoms with Crippen LogP contribution in [0.4, 0.5) is 10.2 Å². The molecule has 0 saturated heterocycles. The van der Waals surface area contributed by atoms with Crippen molar-refractivity contribution in [2.45, 2.75) is 23.0 Å². The van der Waals surface area contributed by atoms with Crippen molar-refractivity contribution in [3.63, 3.8) is 0 Å². The van der Waals surface area contributed by atoms with Crippen molar-refractivity contribution < 1.29 is 12.8 Å². The Hall–Kier alpha value is -1.89. The van der Waals surface area contributed by atoms with E-state index in [1.165, 1.54) is 16.8 Å². The Morgan fingerprint density at radius 1 is 1.35 bits per heavy atom. The lowest BCUT2D eigenvalue weighted by Gasteiger charge is -2.05. The Bertz CT molecular complexity index is 759. The van der Waals surface area contributed by atoms with Crippen LogP contribution in [0.2, 0.25) is 0 Å². The number of benzene rings is 1. The maximum absolute atomic E-state index is 14.1. The van der Waals surface area contributed by atoms with Crippen molar-refractivity contribution >= 4 is 15.7 Å². The van der Waals surface area contributed by atoms with Crippen LogP contribution in [0.25, 0.3) is 11.3 Å². The van der Waals surface area contributed by atoms with Gasteiger partial charge in [-0.25, -0.2) is 12.8 Å². The number of nitrogen functional groups attached to an aromatic ring is 1. The number of aryl methyl sites for hydroxylation is 1. The minimum Gasteiger partial charge on any atom is -0.384 e. The SMILES string of the molecule is Cn1nc(-c2ccc(S(=O)(=O)C3CC3)c(F)c2)cc1N. The lowest BCUT2D eigenvalue weighted by Crippen LogP contribution is -2.09. The highest BCUT2D eigenvalue weighted by Gasteiger charge is 2.38. The first-order valence-corrected chi connectivity index (χ1v) is 7.77. The van der Waals surface area contributed by atoms with Crippen LogP contribution in [0.1, 0.15) is 12.8 Å². The Labute approximate surface area is 116 Å². The summed E-state index contributed by atoms with van der Waals surface area (Å²) in [5.41, 5.74) is 6.69. The normalized spacial score (nSPS) is 15.5. The fraction of sp³-hybridized carbons (Fsp3) is 0.308. The van der Waals surface area contributed by atoms with Crippen LogP contribution in [0.15, 0.2) is 29.2 Å². The first kappa shape index (κ1) is 13.1. The third kappa shape index (κ3) is 2.07. The third-order valence-corrected chi connectivity index (χ3v) is 5.71. The maximum Gasteiger partial charge on any atom is 0.184 e. The van der Waals surface area contributed by atoms with Crippen LogP contribution in [-0.2, 0) is 16.9 Å². The molecule has 106 valence electrons. The van der Waals surface area contributed by atoms with Crippen LogP contribution < -0.4 is 5.73 Å². The molecule has 0 spiro atoms. The molecule has 0 radical (unpaired) electrons. The van der Waals surface area contributed by atoms with Gasteiger partial charge in [0.1, 0.15) is 16.5 Å². The molecule has 1 aliphatic rings. The number of nitrogens with two attached hydrogens (primary N) is 1. The van der Waals surface area contributed by atoms with Gasteiger partial charge in [-0.05, 0) is 25.0 Å². The number of nitrogens with zero attached hydrogens (tertiary/aromatic N) is 2. The van der Waals surface area contributed by atoms with Gasteiger partial charge in [-0.3, -0.25) is 4.68 Å². The van der Waals surface area contributed by atoms with Gasteiger partial charge in [-0.2, -0.15) is 5.10 Å². The highest BCUT2D eigenvalue weighted by atomic mass is 32.2. The molecule has 5 nitrogen and oxygen atoms in total. The van der Waals surface area contributed by atoms with E-state index in [0.29, 0.717) is 29.9 Å². The molecule has 3 rings (SSSR count). The quantitative estimate of drug-likeness (QED) is 0.935. The zero-order chi connectivity index (χ0) is 14.5. The van der Waals surface area contributed by atoms with Crippen LogP contribution in [0.5, 0.6) is 0 Å². The molecule has 1 saturated carbocycles. The molecule has 0 unspecified atom stereocenters. The average Bonchev–Trinajstić information content (AvgIpc) is 3.17. The van der Waals surface area contributed by atoms with Crippen LogP contribution in [0.3, 0.4) is 0 Å². The molecular formula is C13H14FN3O2S. The number of hydrogen-bond acceptors (Lipinski definition) is 4. The van der Waals surface area contributed by atoms with Crippen LogP contribution >= 0.6 is 0 Å². The second-order valence-corrected chi connectivity index (χ2v) is 7.16. The molecule has 0 amide bonds. The largest absolute Gasteiger partial charge is 0.384 e. The van der Waals surface area contributed by atoms with E-state index in [1.807, 2.05) is 0 Å². The molecule has 1 heterocycles. The zero-order valence-electron chi connectivity index (χ0n) is 10.9. The molecule has 1 fully saturated rings. The fourth-order valence-electron chi connectivity index (χ4n) is 2.07. The smallest absolute Gasteiger partial charge is 0.184 e. The van der Waals surface area contributed by atoms with Crippen molar-refractivity contribution in [1.82, 2.24) is 9.78 Å². The minimum atomic E-state index is -3.52. The summed E-state index contributed by atoms with van der Waals surface area (Å²) in [5.74, 6) is -0.284. The molecule has 1 aromatic heterocycles. The fourth-order valence-corrected chi connectivity index (χ4v) is 3.78. The van der Waals surface area contributed by atoms with E-state index in [2.05, 4.69) is 5.10 Å². The van der Waals surface area contributed by atoms with Gasteiger partial charge in [0.25, 0.3) is 0 Å². The molecule has 0 aliphatic heterocycles. The molecule has 0 atom stereocenters. The number of anilines is 1. The summed E-state index contributed by atoms with van der Waals surface area (Å²) < 4.78 is 39.6. The first-order valence-electron chi connectivity index (χ1n) is 6.23. The van der Waals surface area contributed by atoms with Gasteiger partial charge >= 0.3 is 0 Å². The average molecular weight is 295 g/mol. The van der Waals surface area contributed by atoms with E-state index in [0.717, 1.165) is 0 Å². The summed E-state index contributed by atoms with van der Waals surface area (Å²) in [6.07, 6.45) is 1.22. The molecule has 2 N–H and O–H groups in total. The first-order chi connectivity index (χ1) is 9.39. The second kappa shape index (κ2) is 4.31. The lowest BCUT2D eigenvalue weighted by atomic mass is 10.1. The lowest BCUT2D eigenvalue weighted by molar-refractivity contribution is 0.566. The van der Waals surface area contributed by atoms with Crippen LogP contribution in [0, 0.1) is 5.82 Å². The summed E-state index contributed by atoms with van der Waals surface area (Å²) >= 11 is 0. The number of rotatable bonds is 3. The number of sulfone groups is 1. The number of halogens is 1. The van der Waals surface area contributed by atoms with Gasteiger partial charge in [0.05, 0.1) is 10.9 Å². The van der Waals surface area contributed by atoms with E-state index in [4.69, 9.17) is 5.73 Å². The monoisotopic (exact) mass is 295 g/mol. The minimum absolute atomic E-state index is 0.229. The van der Waals surface area contributed by atoms with Crippen LogP contribution in [-0.4, -0.2) is 23.4 Å². The van der Waals surface area contributed by atoms with Gasteiger partial charge in [0, 0.05) is 18.7 Å². The highest BCUT2D eigenvalue weighted by molar-refractivity contribution is 7.92. The predicted molar refractivity (Wildman–Crippen MR) is 73.2 cm³/mol. The van der Waals surface area contributed by atoms with E-state index >= 15 is 0 Å². The summed E-state index contributed by atoms with van der Waals surface area (Å²) in [6, 6.07) is 5.67. The molecule has 2 aromatic rings. The van der Waals surface area contributed by atoms with Crippen molar-refractivity contribution in [3.05, 3.63) is 30.1 Å². The van der Waals surface area contributed by atoms with Gasteiger partial charge in [0.15, 0.2) is 9.84 Å². The number of hydrogen-bond donors (Lipinski definition) is 1. The summed E-state index contributed by atoms with van der Waals surface area (Å²) in [4.78, 5) is -0.229. The topological polar surface area (TPSA) is 78.0 Å². The Balaban J connectivity index is 2.03. The summed E-state index contributed by atoms with van der Waals surface area (Å²) in [5, 5.41) is 3.71. The predicted octanol–water partition coefficient (Wildman–Crippen LogP) is 1.74. The summed E-state index contributed by atoms with van der Waals surface area (Å²) in [6.45, 7) is 0. The second-order valence-electron chi connectivity index (χ2n) is 4.97. The Morgan fingerprint density at radius 2 is 2.05 bits per heavy atom. The van der Waals surface area contributed by atoms with E-state index in [-0.39, 0.29) is 4.90 Å². The molecule has 1 aromatic carbocycles. The van der Waals surface area contributed by atoms with Gasteiger partial charge in [-0.1, -0.05) is 6.07 Å². The third-order valence-electron chi connectivity index (χ3n) is 3.41. The van der Waals surface area contributed by atoms with Gasteiger partial charge in [0.2, 0.25) is 0 Å². The zero-order valence-corrected chi connectivity index (χ0v) is 11.7. The van der Waals surface area contributed by atoms with E-state index in [1.54, 1.807) is 19.2 Å². The maximum atomic E-state index is 14.1. The van der Waals surface area contributed by atoms with Crippen molar-refractivity contribution in [2.75, 3.05) is 5.73 Å². The number of aromatic nitrogens is 2. The van der Waals surface area contributed by atoms with E-state index < -0.39 is 20.9 Å². The molecular weight excluding hydrogens is 281 g/mol. The van der Waals surface area contributed by atoms with Crippen molar-refractivity contribution in [2.24, 2.45) is 7.05 Å². The summed E-state index contributed by atoms with van der Waals surface area (Å²) in [7, 11) is -1.84. The van der Waals surface area contributed by atoms with Crippen molar-refractivity contribution in [3.8, 4) is 11.3 Å². The highest BCUT2D eigenvalue weighted by Crippen LogP contribution is 2.35. The molecule has 7 heteroatoms. The Morgan fingerprint density at radius 3 is 2.55 bits per heavy atom. The van der Waals surface area contributed by atoms with E-state index in [9.17, 15) is 12.8 Å². The standard InChI is InChI=1S/C13H14FN3O2S/c1-17-13(15)7-11(16-17)8-2-5-12(10(14)6-8)20(18,19)9-3-4-9/h2,5-7,9H,3-4,15H2,1H3. The molecule has 1 aliphatic carbocycles. The molecule has 0 bridgehead atoms. The molecule has 20 heavy (non-hydrogen) atoms. The van der Waals surface area contributed by atoms with Gasteiger partial charge < -0.3 is 5.73 Å². The van der Waals surface area contributed by atoms with Crippen molar-refractivity contribution in [1.29, 1.82) is 0 Å². The Kier molecular flexibility index (Phi) is 2.82.